The molecule has 0 unspecified atom stereocenters. The number of hydrogen-bond donors (Lipinski definition) is 0. The van der Waals surface area contributed by atoms with Crippen LogP contribution >= 0.6 is 0 Å². The summed E-state index contributed by atoms with van der Waals surface area (Å²) >= 11 is 0. The molecule has 0 aliphatic carbocycles. The molecule has 5 heteroatoms. The van der Waals surface area contributed by atoms with E-state index in [1.54, 1.807) is 13.0 Å². The molecule has 0 saturated carbocycles. The Labute approximate surface area is 88.9 Å². The van der Waals surface area contributed by atoms with Gasteiger partial charge in [0.05, 0.1) is 5.60 Å². The highest BCUT2D eigenvalue weighted by Gasteiger charge is 2.50. The second kappa shape index (κ2) is 4.20. The van der Waals surface area contributed by atoms with Crippen LogP contribution in [0.1, 0.15) is 34.1 Å². The van der Waals surface area contributed by atoms with Crippen LogP contribution in [0.5, 0.6) is 0 Å². The van der Waals surface area contributed by atoms with Crippen LogP contribution in [0.25, 0.3) is 0 Å². The summed E-state index contributed by atoms with van der Waals surface area (Å²) in [5.74, 6) is -1.50. The summed E-state index contributed by atoms with van der Waals surface area (Å²) in [5, 5.41) is 0. The van der Waals surface area contributed by atoms with E-state index in [0.29, 0.717) is 0 Å². The van der Waals surface area contributed by atoms with E-state index < -0.39 is 17.7 Å². The molecule has 86 valence electrons. The molecule has 0 spiro atoms. The van der Waals surface area contributed by atoms with Crippen molar-refractivity contribution in [3.8, 4) is 0 Å². The average molecular weight is 216 g/mol. The zero-order chi connectivity index (χ0) is 11.5. The number of cyclic esters (lactones) is 2. The van der Waals surface area contributed by atoms with E-state index in [2.05, 4.69) is 0 Å². The predicted molar refractivity (Wildman–Crippen MR) is 51.7 cm³/mol. The molecule has 0 bridgehead atoms. The maximum Gasteiger partial charge on any atom is 0.519 e. The van der Waals surface area contributed by atoms with E-state index in [1.165, 1.54) is 6.08 Å². The van der Waals surface area contributed by atoms with Gasteiger partial charge in [-0.2, -0.15) is 0 Å². The molecule has 1 fully saturated rings. The van der Waals surface area contributed by atoms with Crippen LogP contribution in [0, 0.1) is 0 Å². The van der Waals surface area contributed by atoms with E-state index in [4.69, 9.17) is 19.2 Å². The van der Waals surface area contributed by atoms with Crippen molar-refractivity contribution in [3.05, 3.63) is 12.2 Å². The highest BCUT2D eigenvalue weighted by Crippen LogP contribution is 2.30. The Morgan fingerprint density at radius 1 is 1.47 bits per heavy atom. The third-order valence-corrected chi connectivity index (χ3v) is 2.06. The van der Waals surface area contributed by atoms with Gasteiger partial charge in [-0.3, -0.25) is 0 Å². The summed E-state index contributed by atoms with van der Waals surface area (Å²) in [4.78, 5) is 20.7. The largest absolute Gasteiger partial charge is 0.519 e. The summed E-state index contributed by atoms with van der Waals surface area (Å²) in [7, 11) is 0. The summed E-state index contributed by atoms with van der Waals surface area (Å²) in [5.41, 5.74) is -0.458. The van der Waals surface area contributed by atoms with Crippen LogP contribution in [0.15, 0.2) is 12.2 Å². The fourth-order valence-electron chi connectivity index (χ4n) is 0.804. The van der Waals surface area contributed by atoms with Gasteiger partial charge in [0, 0.05) is 6.08 Å². The fraction of sp³-hybridized carbons (Fsp3) is 0.700. The topological polar surface area (TPSA) is 54.0 Å². The second-order valence-corrected chi connectivity index (χ2v) is 3.84. The first kappa shape index (κ1) is 12.0. The number of ether oxygens (including phenoxy) is 2. The Bertz CT molecular complexity index is 261. The van der Waals surface area contributed by atoms with Crippen molar-refractivity contribution in [1.82, 2.24) is 0 Å². The van der Waals surface area contributed by atoms with Crippen molar-refractivity contribution in [1.29, 1.82) is 0 Å². The van der Waals surface area contributed by atoms with Gasteiger partial charge in [-0.1, -0.05) is 13.0 Å². The zero-order valence-corrected chi connectivity index (χ0v) is 9.40. The van der Waals surface area contributed by atoms with E-state index in [0.717, 1.165) is 6.42 Å². The summed E-state index contributed by atoms with van der Waals surface area (Å²) < 4.78 is 9.42. The minimum Gasteiger partial charge on any atom is -0.360 e. The first-order valence-electron chi connectivity index (χ1n) is 4.86. The molecule has 0 atom stereocenters. The number of rotatable bonds is 5. The number of allylic oxidation sites excluding steroid dienone is 1. The lowest BCUT2D eigenvalue weighted by Gasteiger charge is -2.36. The van der Waals surface area contributed by atoms with Crippen molar-refractivity contribution in [2.24, 2.45) is 0 Å². The van der Waals surface area contributed by atoms with Crippen LogP contribution in [0.4, 0.5) is 4.79 Å². The van der Waals surface area contributed by atoms with Gasteiger partial charge in [0.1, 0.15) is 0 Å². The van der Waals surface area contributed by atoms with E-state index in [9.17, 15) is 4.79 Å². The first-order valence-corrected chi connectivity index (χ1v) is 4.86. The molecule has 0 radical (unpaired) electrons. The summed E-state index contributed by atoms with van der Waals surface area (Å²) in [6, 6.07) is 0. The van der Waals surface area contributed by atoms with Gasteiger partial charge in [0.25, 0.3) is 0 Å². The third kappa shape index (κ3) is 2.94. The number of hydrogen-bond acceptors (Lipinski definition) is 5. The average Bonchev–Trinajstić information content (AvgIpc) is 2.13. The molecule has 1 saturated heterocycles. The van der Waals surface area contributed by atoms with Gasteiger partial charge >= 0.3 is 12.1 Å². The van der Waals surface area contributed by atoms with Crippen LogP contribution in [-0.2, 0) is 19.2 Å². The Kier molecular flexibility index (Phi) is 3.36. The van der Waals surface area contributed by atoms with Crippen LogP contribution in [0.2, 0.25) is 0 Å². The van der Waals surface area contributed by atoms with Gasteiger partial charge in [-0.15, -0.1) is 4.89 Å². The molecule has 0 N–H and O–H groups in total. The van der Waals surface area contributed by atoms with Crippen molar-refractivity contribution in [2.45, 2.75) is 45.7 Å². The molecule has 5 nitrogen and oxygen atoms in total. The van der Waals surface area contributed by atoms with Gasteiger partial charge in [-0.05, 0) is 27.2 Å². The minimum absolute atomic E-state index is 0.458. The maximum absolute atomic E-state index is 10.6. The monoisotopic (exact) mass is 216 g/mol. The molecule has 1 heterocycles. The number of carbonyl (C=O) groups excluding carboxylic acids is 1. The van der Waals surface area contributed by atoms with E-state index in [1.807, 2.05) is 20.8 Å². The summed E-state index contributed by atoms with van der Waals surface area (Å²) in [6.07, 6.45) is 3.09. The highest BCUT2D eigenvalue weighted by atomic mass is 17.3. The molecule has 15 heavy (non-hydrogen) atoms. The van der Waals surface area contributed by atoms with Gasteiger partial charge in [0.15, 0.2) is 0 Å². The Morgan fingerprint density at radius 2 is 2.07 bits per heavy atom. The van der Waals surface area contributed by atoms with Gasteiger partial charge in [0.2, 0.25) is 0 Å². The Morgan fingerprint density at radius 3 is 2.47 bits per heavy atom. The Balaban J connectivity index is 2.51. The smallest absolute Gasteiger partial charge is 0.360 e. The molecule has 0 aromatic heterocycles. The van der Waals surface area contributed by atoms with Crippen molar-refractivity contribution in [2.75, 3.05) is 0 Å². The third-order valence-electron chi connectivity index (χ3n) is 2.06. The molecular weight excluding hydrogens is 200 g/mol. The lowest BCUT2D eigenvalue weighted by molar-refractivity contribution is -0.522. The predicted octanol–water partition coefficient (Wildman–Crippen LogP) is 2.52. The SMILES string of the molecule is C/C=C/C1(OOC(C)(C)CC)OC(=O)O1. The van der Waals surface area contributed by atoms with Crippen LogP contribution < -0.4 is 0 Å². The molecule has 0 aromatic rings. The fourth-order valence-corrected chi connectivity index (χ4v) is 0.804. The Hall–Kier alpha value is -1.07. The molecule has 1 aliphatic heterocycles. The van der Waals surface area contributed by atoms with Crippen molar-refractivity contribution < 1.29 is 24.0 Å². The van der Waals surface area contributed by atoms with Crippen LogP contribution in [0.3, 0.4) is 0 Å². The highest BCUT2D eigenvalue weighted by molar-refractivity contribution is 5.65. The van der Waals surface area contributed by atoms with E-state index in [-0.39, 0.29) is 0 Å². The second-order valence-electron chi connectivity index (χ2n) is 3.84. The first-order chi connectivity index (χ1) is 6.93. The van der Waals surface area contributed by atoms with Crippen LogP contribution in [-0.4, -0.2) is 17.7 Å². The van der Waals surface area contributed by atoms with Crippen molar-refractivity contribution in [3.63, 3.8) is 0 Å². The zero-order valence-electron chi connectivity index (χ0n) is 9.40. The molecule has 0 amide bonds. The molecule has 1 rings (SSSR count). The lowest BCUT2D eigenvalue weighted by atomic mass is 10.1. The normalized spacial score (nSPS) is 19.6. The van der Waals surface area contributed by atoms with Gasteiger partial charge in [-0.25, -0.2) is 9.68 Å². The lowest BCUT2D eigenvalue weighted by Crippen LogP contribution is -2.51. The quantitative estimate of drug-likeness (QED) is 0.306. The molecule has 0 aromatic carbocycles. The number of carbonyl (C=O) groups is 1. The molecular formula is C10H16O5. The molecule has 1 aliphatic rings. The van der Waals surface area contributed by atoms with E-state index >= 15 is 0 Å². The van der Waals surface area contributed by atoms with Gasteiger partial charge < -0.3 is 9.47 Å². The summed E-state index contributed by atoms with van der Waals surface area (Å²) in [6.45, 7) is 7.43. The standard InChI is InChI=1S/C10H16O5/c1-5-7-10(12-8(11)13-10)15-14-9(3,4)6-2/h5,7H,6H2,1-4H3/b7-5+. The van der Waals surface area contributed by atoms with Crippen molar-refractivity contribution >= 4 is 6.16 Å². The minimum atomic E-state index is -1.50. The maximum atomic E-state index is 10.6.